The molecule has 0 radical (unpaired) electrons. The van der Waals surface area contributed by atoms with Crippen molar-refractivity contribution >= 4 is 11.4 Å². The summed E-state index contributed by atoms with van der Waals surface area (Å²) in [5.41, 5.74) is 7.95. The minimum Gasteiger partial charge on any atom is -0.497 e. The summed E-state index contributed by atoms with van der Waals surface area (Å²) < 4.78 is 5.32. The lowest BCUT2D eigenvalue weighted by Crippen LogP contribution is -2.38. The Kier molecular flexibility index (Phi) is 4.54. The highest BCUT2D eigenvalue weighted by molar-refractivity contribution is 5.60. The van der Waals surface area contributed by atoms with Crippen molar-refractivity contribution in [1.29, 1.82) is 0 Å². The largest absolute Gasteiger partial charge is 0.497 e. The summed E-state index contributed by atoms with van der Waals surface area (Å²) in [7, 11) is 1.70. The van der Waals surface area contributed by atoms with E-state index < -0.39 is 0 Å². The molecular formula is C17H27N3O. The van der Waals surface area contributed by atoms with Crippen LogP contribution in [-0.4, -0.2) is 44.7 Å². The van der Waals surface area contributed by atoms with E-state index in [0.717, 1.165) is 30.4 Å². The fraction of sp³-hybridized carbons (Fsp3) is 0.647. The number of anilines is 2. The number of nitrogens with two attached hydrogens (primary N) is 1. The molecule has 0 unspecified atom stereocenters. The number of piperidine rings is 1. The summed E-state index contributed by atoms with van der Waals surface area (Å²) in [6.45, 7) is 6.18. The molecule has 3 rings (SSSR count). The Bertz CT molecular complexity index is 463. The monoisotopic (exact) mass is 289 g/mol. The van der Waals surface area contributed by atoms with Crippen molar-refractivity contribution in [2.45, 2.75) is 25.7 Å². The van der Waals surface area contributed by atoms with Crippen molar-refractivity contribution < 1.29 is 4.74 Å². The van der Waals surface area contributed by atoms with Gasteiger partial charge in [0.1, 0.15) is 5.75 Å². The maximum absolute atomic E-state index is 5.96. The quantitative estimate of drug-likeness (QED) is 0.865. The van der Waals surface area contributed by atoms with E-state index in [1.54, 1.807) is 7.11 Å². The molecule has 1 aromatic rings. The van der Waals surface area contributed by atoms with Gasteiger partial charge in [-0.05, 0) is 50.8 Å². The number of likely N-dealkylation sites (tertiary alicyclic amines) is 1. The predicted octanol–water partition coefficient (Wildman–Crippen LogP) is 2.59. The standard InChI is InChI=1S/C17H27N3O/c1-21-17-11-15(18)10-16(12-17)20-8-4-14(5-9-20)13-19-6-2-3-7-19/h10-12,14H,2-9,13,18H2,1H3. The molecule has 2 fully saturated rings. The number of benzene rings is 1. The van der Waals surface area contributed by atoms with Gasteiger partial charge in [0.2, 0.25) is 0 Å². The Morgan fingerprint density at radius 1 is 1.10 bits per heavy atom. The number of hydrogen-bond donors (Lipinski definition) is 1. The molecule has 2 heterocycles. The van der Waals surface area contributed by atoms with Gasteiger partial charge in [-0.25, -0.2) is 0 Å². The lowest BCUT2D eigenvalue weighted by atomic mass is 9.96. The fourth-order valence-electron chi connectivity index (χ4n) is 3.61. The maximum Gasteiger partial charge on any atom is 0.122 e. The Balaban J connectivity index is 1.56. The van der Waals surface area contributed by atoms with Gasteiger partial charge in [0.05, 0.1) is 7.11 Å². The van der Waals surface area contributed by atoms with Crippen molar-refractivity contribution in [1.82, 2.24) is 4.90 Å². The minimum atomic E-state index is 0.781. The van der Waals surface area contributed by atoms with E-state index in [2.05, 4.69) is 21.9 Å². The molecule has 0 aliphatic carbocycles. The van der Waals surface area contributed by atoms with Crippen LogP contribution in [0.3, 0.4) is 0 Å². The third kappa shape index (κ3) is 3.62. The van der Waals surface area contributed by atoms with Crippen LogP contribution in [0.15, 0.2) is 18.2 Å². The molecule has 2 saturated heterocycles. The van der Waals surface area contributed by atoms with E-state index in [0.29, 0.717) is 0 Å². The second-order valence-electron chi connectivity index (χ2n) is 6.40. The zero-order chi connectivity index (χ0) is 14.7. The Hall–Kier alpha value is -1.42. The van der Waals surface area contributed by atoms with Crippen LogP contribution in [0.2, 0.25) is 0 Å². The van der Waals surface area contributed by atoms with Crippen LogP contribution in [-0.2, 0) is 0 Å². The molecule has 0 aromatic heterocycles. The predicted molar refractivity (Wildman–Crippen MR) is 88.0 cm³/mol. The normalized spacial score (nSPS) is 20.9. The van der Waals surface area contributed by atoms with E-state index in [1.165, 1.54) is 51.0 Å². The molecule has 0 atom stereocenters. The zero-order valence-corrected chi connectivity index (χ0v) is 13.1. The van der Waals surface area contributed by atoms with E-state index in [1.807, 2.05) is 6.07 Å². The van der Waals surface area contributed by atoms with Gasteiger partial charge in [0.25, 0.3) is 0 Å². The molecule has 0 spiro atoms. The highest BCUT2D eigenvalue weighted by Gasteiger charge is 2.23. The maximum atomic E-state index is 5.96. The second-order valence-corrected chi connectivity index (χ2v) is 6.40. The van der Waals surface area contributed by atoms with E-state index in [9.17, 15) is 0 Å². The van der Waals surface area contributed by atoms with Crippen molar-refractivity contribution in [3.05, 3.63) is 18.2 Å². The van der Waals surface area contributed by atoms with Crippen LogP contribution in [0, 0.1) is 5.92 Å². The highest BCUT2D eigenvalue weighted by Crippen LogP contribution is 2.29. The van der Waals surface area contributed by atoms with Crippen molar-refractivity contribution in [2.24, 2.45) is 5.92 Å². The first-order chi connectivity index (χ1) is 10.2. The molecular weight excluding hydrogens is 262 g/mol. The number of nitrogens with zero attached hydrogens (tertiary/aromatic N) is 2. The van der Waals surface area contributed by atoms with Crippen LogP contribution in [0.1, 0.15) is 25.7 Å². The van der Waals surface area contributed by atoms with Crippen molar-refractivity contribution in [3.63, 3.8) is 0 Å². The van der Waals surface area contributed by atoms with Gasteiger partial charge < -0.3 is 20.3 Å². The van der Waals surface area contributed by atoms with Gasteiger partial charge >= 0.3 is 0 Å². The van der Waals surface area contributed by atoms with E-state index in [-0.39, 0.29) is 0 Å². The number of rotatable bonds is 4. The SMILES string of the molecule is COc1cc(N)cc(N2CCC(CN3CCCC3)CC2)c1. The second kappa shape index (κ2) is 6.56. The summed E-state index contributed by atoms with van der Waals surface area (Å²) in [5.74, 6) is 1.71. The lowest BCUT2D eigenvalue weighted by molar-refractivity contribution is 0.249. The first-order valence-electron chi connectivity index (χ1n) is 8.16. The summed E-state index contributed by atoms with van der Waals surface area (Å²) in [4.78, 5) is 5.09. The van der Waals surface area contributed by atoms with Crippen LogP contribution >= 0.6 is 0 Å². The van der Waals surface area contributed by atoms with Gasteiger partial charge in [-0.1, -0.05) is 0 Å². The van der Waals surface area contributed by atoms with Crippen LogP contribution in [0.4, 0.5) is 11.4 Å². The first kappa shape index (κ1) is 14.5. The third-order valence-corrected chi connectivity index (χ3v) is 4.84. The minimum absolute atomic E-state index is 0.781. The number of nitrogen functional groups attached to an aromatic ring is 1. The molecule has 0 amide bonds. The summed E-state index contributed by atoms with van der Waals surface area (Å²) in [6, 6.07) is 6.03. The summed E-state index contributed by atoms with van der Waals surface area (Å²) in [5, 5.41) is 0. The van der Waals surface area contributed by atoms with Crippen molar-refractivity contribution in [3.8, 4) is 5.75 Å². The molecule has 0 bridgehead atoms. The third-order valence-electron chi connectivity index (χ3n) is 4.84. The van der Waals surface area contributed by atoms with Crippen LogP contribution in [0.25, 0.3) is 0 Å². The molecule has 116 valence electrons. The summed E-state index contributed by atoms with van der Waals surface area (Å²) >= 11 is 0. The molecule has 21 heavy (non-hydrogen) atoms. The molecule has 4 heteroatoms. The van der Waals surface area contributed by atoms with Crippen LogP contribution < -0.4 is 15.4 Å². The van der Waals surface area contributed by atoms with Gasteiger partial charge in [-0.15, -0.1) is 0 Å². The molecule has 0 saturated carbocycles. The number of methoxy groups -OCH3 is 1. The average molecular weight is 289 g/mol. The van der Waals surface area contributed by atoms with Gasteiger partial charge in [-0.3, -0.25) is 0 Å². The average Bonchev–Trinajstić information content (AvgIpc) is 3.00. The number of hydrogen-bond acceptors (Lipinski definition) is 4. The Morgan fingerprint density at radius 2 is 1.81 bits per heavy atom. The molecule has 4 nitrogen and oxygen atoms in total. The first-order valence-corrected chi connectivity index (χ1v) is 8.16. The zero-order valence-electron chi connectivity index (χ0n) is 13.1. The number of ether oxygens (including phenoxy) is 1. The highest BCUT2D eigenvalue weighted by atomic mass is 16.5. The lowest BCUT2D eigenvalue weighted by Gasteiger charge is -2.35. The van der Waals surface area contributed by atoms with Crippen LogP contribution in [0.5, 0.6) is 5.75 Å². The molecule has 2 N–H and O–H groups in total. The molecule has 1 aromatic carbocycles. The molecule has 2 aliphatic heterocycles. The summed E-state index contributed by atoms with van der Waals surface area (Å²) in [6.07, 6.45) is 5.35. The van der Waals surface area contributed by atoms with Gasteiger partial charge in [0, 0.05) is 43.1 Å². The Labute approximate surface area is 127 Å². The fourth-order valence-corrected chi connectivity index (χ4v) is 3.61. The van der Waals surface area contributed by atoms with E-state index >= 15 is 0 Å². The molecule has 2 aliphatic rings. The van der Waals surface area contributed by atoms with E-state index in [4.69, 9.17) is 10.5 Å². The van der Waals surface area contributed by atoms with Crippen molar-refractivity contribution in [2.75, 3.05) is 50.5 Å². The van der Waals surface area contributed by atoms with Gasteiger partial charge in [0.15, 0.2) is 0 Å². The topological polar surface area (TPSA) is 41.7 Å². The smallest absolute Gasteiger partial charge is 0.122 e. The Morgan fingerprint density at radius 3 is 2.48 bits per heavy atom. The van der Waals surface area contributed by atoms with Gasteiger partial charge in [-0.2, -0.15) is 0 Å².